The number of rotatable bonds is 4. The smallest absolute Gasteiger partial charge is 0.255 e. The molecule has 1 saturated heterocycles. The van der Waals surface area contributed by atoms with Gasteiger partial charge < -0.3 is 15.5 Å². The van der Waals surface area contributed by atoms with E-state index in [1.54, 1.807) is 0 Å². The fourth-order valence-electron chi connectivity index (χ4n) is 7.68. The van der Waals surface area contributed by atoms with Crippen LogP contribution in [-0.4, -0.2) is 29.8 Å². The van der Waals surface area contributed by atoms with Crippen LogP contribution in [0.2, 0.25) is 0 Å². The van der Waals surface area contributed by atoms with E-state index in [0.29, 0.717) is 40.6 Å². The van der Waals surface area contributed by atoms with Gasteiger partial charge in [-0.1, -0.05) is 42.5 Å². The Morgan fingerprint density at radius 2 is 1.62 bits per heavy atom. The van der Waals surface area contributed by atoms with Crippen LogP contribution in [0.5, 0.6) is 0 Å². The normalized spacial score (nSPS) is 27.4. The molecule has 2 heterocycles. The van der Waals surface area contributed by atoms with Crippen molar-refractivity contribution in [3.8, 4) is 0 Å². The lowest BCUT2D eigenvalue weighted by Crippen LogP contribution is -2.35. The number of likely N-dealkylation sites (tertiary alicyclic amines) is 1. The molecule has 188 valence electrons. The van der Waals surface area contributed by atoms with Crippen molar-refractivity contribution in [1.29, 1.82) is 0 Å². The summed E-state index contributed by atoms with van der Waals surface area (Å²) in [4.78, 5) is 28.4. The number of nitrogens with one attached hydrogen (secondary N) is 2. The Labute approximate surface area is 218 Å². The first-order valence-electron chi connectivity index (χ1n) is 13.8. The molecule has 37 heavy (non-hydrogen) atoms. The molecule has 5 atom stereocenters. The van der Waals surface area contributed by atoms with Gasteiger partial charge in [0.1, 0.15) is 0 Å². The lowest BCUT2D eigenvalue weighted by molar-refractivity contribution is 0.0794. The van der Waals surface area contributed by atoms with Crippen LogP contribution in [0.15, 0.2) is 72.8 Å². The third kappa shape index (κ3) is 3.83. The van der Waals surface area contributed by atoms with Gasteiger partial charge in [-0.25, -0.2) is 0 Å². The van der Waals surface area contributed by atoms with Crippen LogP contribution < -0.4 is 10.6 Å². The lowest BCUT2D eigenvalue weighted by atomic mass is 9.68. The number of hydrogen-bond acceptors (Lipinski definition) is 3. The number of nitrogens with zero attached hydrogens (tertiary/aromatic N) is 1. The molecule has 2 N–H and O–H groups in total. The van der Waals surface area contributed by atoms with E-state index in [0.717, 1.165) is 37.5 Å². The summed E-state index contributed by atoms with van der Waals surface area (Å²) in [5.41, 5.74) is 5.61. The van der Waals surface area contributed by atoms with Gasteiger partial charge in [0, 0.05) is 24.3 Å². The van der Waals surface area contributed by atoms with Crippen molar-refractivity contribution in [2.75, 3.05) is 23.7 Å². The summed E-state index contributed by atoms with van der Waals surface area (Å²) < 4.78 is 0. The first-order chi connectivity index (χ1) is 18.2. The molecule has 0 unspecified atom stereocenters. The van der Waals surface area contributed by atoms with Crippen LogP contribution in [0.25, 0.3) is 0 Å². The minimum absolute atomic E-state index is 0.000169. The van der Waals surface area contributed by atoms with Gasteiger partial charge >= 0.3 is 0 Å². The average molecular weight is 492 g/mol. The third-order valence-corrected chi connectivity index (χ3v) is 9.31. The zero-order valence-electron chi connectivity index (χ0n) is 21.0. The predicted molar refractivity (Wildman–Crippen MR) is 146 cm³/mol. The van der Waals surface area contributed by atoms with Crippen molar-refractivity contribution in [1.82, 2.24) is 4.90 Å². The molecule has 2 saturated carbocycles. The minimum Gasteiger partial charge on any atom is -0.378 e. The van der Waals surface area contributed by atoms with Crippen LogP contribution in [0.3, 0.4) is 0 Å². The van der Waals surface area contributed by atoms with Gasteiger partial charge in [-0.15, -0.1) is 0 Å². The second-order valence-corrected chi connectivity index (χ2v) is 11.3. The number of para-hydroxylation sites is 1. The first-order valence-corrected chi connectivity index (χ1v) is 13.8. The van der Waals surface area contributed by atoms with Crippen LogP contribution >= 0.6 is 0 Å². The number of benzene rings is 3. The van der Waals surface area contributed by atoms with Gasteiger partial charge in [0.2, 0.25) is 0 Å². The monoisotopic (exact) mass is 491 g/mol. The third-order valence-electron chi connectivity index (χ3n) is 9.31. The summed E-state index contributed by atoms with van der Waals surface area (Å²) >= 11 is 0. The van der Waals surface area contributed by atoms with Gasteiger partial charge in [0.15, 0.2) is 0 Å². The Hall–Kier alpha value is -3.60. The van der Waals surface area contributed by atoms with Gasteiger partial charge in [-0.2, -0.15) is 0 Å². The maximum absolute atomic E-state index is 13.5. The molecule has 3 aromatic carbocycles. The second-order valence-electron chi connectivity index (χ2n) is 11.3. The molecule has 5 heteroatoms. The number of carbonyl (C=O) groups is 2. The summed E-state index contributed by atoms with van der Waals surface area (Å²) in [7, 11) is 0. The molecule has 3 fully saturated rings. The molecular weight excluding hydrogens is 458 g/mol. The van der Waals surface area contributed by atoms with E-state index in [2.05, 4.69) is 53.1 Å². The summed E-state index contributed by atoms with van der Waals surface area (Å²) in [6, 6.07) is 24.7. The molecule has 4 aliphatic rings. The Kier molecular flexibility index (Phi) is 5.53. The predicted octanol–water partition coefficient (Wildman–Crippen LogP) is 6.47. The van der Waals surface area contributed by atoms with Crippen LogP contribution in [0.4, 0.5) is 11.4 Å². The molecule has 0 spiro atoms. The summed E-state index contributed by atoms with van der Waals surface area (Å²) in [5, 5.41) is 6.92. The highest BCUT2D eigenvalue weighted by Gasteiger charge is 2.53. The van der Waals surface area contributed by atoms with Gasteiger partial charge in [0.25, 0.3) is 11.8 Å². The van der Waals surface area contributed by atoms with Crippen molar-refractivity contribution < 1.29 is 9.59 Å². The molecule has 2 bridgehead atoms. The molecule has 7 rings (SSSR count). The van der Waals surface area contributed by atoms with Gasteiger partial charge in [-0.3, -0.25) is 9.59 Å². The summed E-state index contributed by atoms with van der Waals surface area (Å²) in [5.74, 6) is 2.32. The van der Waals surface area contributed by atoms with E-state index >= 15 is 0 Å². The number of carbonyl (C=O) groups excluding carboxylic acids is 2. The highest BCUT2D eigenvalue weighted by atomic mass is 16.2. The molecule has 0 radical (unpaired) electrons. The molecule has 5 nitrogen and oxygen atoms in total. The van der Waals surface area contributed by atoms with Gasteiger partial charge in [-0.05, 0) is 97.2 Å². The van der Waals surface area contributed by atoms with Crippen molar-refractivity contribution in [3.63, 3.8) is 0 Å². The lowest BCUT2D eigenvalue weighted by Gasteiger charge is -2.43. The standard InChI is InChI=1S/C32H33N3O2/c36-31(34-26-11-5-4-10-24(26)32(37)35-16-6-7-17-35)23-14-15-27-25(19-23)28-21-12-13-22(18-21)29(28)30(33-27)20-8-2-1-3-9-20/h1-5,8-11,14-15,19,21-22,28-30,33H,6-7,12-13,16-18H2,(H,34,36)/t21-,22-,28-,29-,30-/m0/s1. The molecule has 2 aliphatic heterocycles. The number of anilines is 2. The maximum Gasteiger partial charge on any atom is 0.255 e. The molecule has 3 aromatic rings. The van der Waals surface area contributed by atoms with E-state index in [4.69, 9.17) is 0 Å². The molecule has 0 aromatic heterocycles. The van der Waals surface area contributed by atoms with Crippen molar-refractivity contribution in [2.24, 2.45) is 17.8 Å². The Bertz CT molecular complexity index is 1350. The number of fused-ring (bicyclic) bond motifs is 7. The summed E-state index contributed by atoms with van der Waals surface area (Å²) in [6.45, 7) is 1.57. The highest BCUT2D eigenvalue weighted by Crippen LogP contribution is 2.63. The number of amides is 2. The topological polar surface area (TPSA) is 61.4 Å². The Morgan fingerprint density at radius 3 is 2.46 bits per heavy atom. The Balaban J connectivity index is 1.19. The zero-order valence-corrected chi connectivity index (χ0v) is 21.0. The van der Waals surface area contributed by atoms with Crippen molar-refractivity contribution >= 4 is 23.2 Å². The fourth-order valence-corrected chi connectivity index (χ4v) is 7.68. The SMILES string of the molecule is O=C(Nc1ccccc1C(=O)N1CCCC1)c1ccc2c(c1)[C@@H]1[C@H]3CC[C@@H](C3)[C@@H]1[C@H](c1ccccc1)N2. The quantitative estimate of drug-likeness (QED) is 0.440. The van der Waals surface area contributed by atoms with Crippen molar-refractivity contribution in [2.45, 2.75) is 44.1 Å². The van der Waals surface area contributed by atoms with Crippen LogP contribution in [-0.2, 0) is 0 Å². The van der Waals surface area contributed by atoms with E-state index < -0.39 is 0 Å². The molecule has 2 aliphatic carbocycles. The first kappa shape index (κ1) is 22.6. The maximum atomic E-state index is 13.5. The number of hydrogen-bond donors (Lipinski definition) is 2. The van der Waals surface area contributed by atoms with E-state index in [-0.39, 0.29) is 11.8 Å². The van der Waals surface area contributed by atoms with Crippen LogP contribution in [0, 0.1) is 17.8 Å². The highest BCUT2D eigenvalue weighted by molar-refractivity contribution is 6.09. The minimum atomic E-state index is -0.158. The average Bonchev–Trinajstić information content (AvgIpc) is 3.72. The second kappa shape index (κ2) is 9.05. The largest absolute Gasteiger partial charge is 0.378 e. The van der Waals surface area contributed by atoms with E-state index in [1.807, 2.05) is 35.2 Å². The Morgan fingerprint density at radius 1 is 0.865 bits per heavy atom. The van der Waals surface area contributed by atoms with E-state index in [9.17, 15) is 9.59 Å². The van der Waals surface area contributed by atoms with E-state index in [1.165, 1.54) is 30.4 Å². The summed E-state index contributed by atoms with van der Waals surface area (Å²) in [6.07, 6.45) is 5.97. The fraction of sp³-hybridized carbons (Fsp3) is 0.375. The molecule has 2 amide bonds. The zero-order chi connectivity index (χ0) is 24.9. The van der Waals surface area contributed by atoms with Crippen molar-refractivity contribution in [3.05, 3.63) is 95.1 Å². The van der Waals surface area contributed by atoms with Crippen LogP contribution in [0.1, 0.15) is 75.9 Å². The molecular formula is C32H33N3O2. The van der Waals surface area contributed by atoms with Gasteiger partial charge in [0.05, 0.1) is 17.3 Å².